The van der Waals surface area contributed by atoms with Gasteiger partial charge in [0.05, 0.1) is 0 Å². The molecule has 86 valence electrons. The van der Waals surface area contributed by atoms with Gasteiger partial charge >= 0.3 is 5.97 Å². The summed E-state index contributed by atoms with van der Waals surface area (Å²) < 4.78 is 4.84. The molecule has 0 bridgehead atoms. The highest BCUT2D eigenvalue weighted by Crippen LogP contribution is 2.13. The fourth-order valence-electron chi connectivity index (χ4n) is 1.18. The van der Waals surface area contributed by atoms with Crippen LogP contribution in [0.4, 0.5) is 0 Å². The molecule has 0 aliphatic heterocycles. The summed E-state index contributed by atoms with van der Waals surface area (Å²) in [4.78, 5) is 10.5. The van der Waals surface area contributed by atoms with Crippen LogP contribution in [0.1, 0.15) is 18.1 Å². The average molecular weight is 236 g/mol. The summed E-state index contributed by atoms with van der Waals surface area (Å²) in [5, 5.41) is 0. The van der Waals surface area contributed by atoms with Crippen molar-refractivity contribution in [2.24, 2.45) is 0 Å². The average Bonchev–Trinajstić information content (AvgIpc) is 2.29. The summed E-state index contributed by atoms with van der Waals surface area (Å²) in [7, 11) is 0. The molecule has 3 heteroatoms. The number of ether oxygens (including phenoxy) is 1. The van der Waals surface area contributed by atoms with Gasteiger partial charge in [0, 0.05) is 18.4 Å². The number of benzene rings is 1. The van der Waals surface area contributed by atoms with E-state index < -0.39 is 0 Å². The Balaban J connectivity index is 2.21. The SMILES string of the molecule is C=Cc1ccc(CSCCOC(C)=O)cc1. The van der Waals surface area contributed by atoms with Crippen molar-refractivity contribution in [1.82, 2.24) is 0 Å². The fourth-order valence-corrected chi connectivity index (χ4v) is 1.96. The minimum Gasteiger partial charge on any atom is -0.465 e. The molecule has 0 saturated carbocycles. The maximum Gasteiger partial charge on any atom is 0.302 e. The molecule has 16 heavy (non-hydrogen) atoms. The largest absolute Gasteiger partial charge is 0.465 e. The van der Waals surface area contributed by atoms with Crippen LogP contribution in [0, 0.1) is 0 Å². The Morgan fingerprint density at radius 1 is 1.44 bits per heavy atom. The van der Waals surface area contributed by atoms with E-state index >= 15 is 0 Å². The van der Waals surface area contributed by atoms with Crippen LogP contribution < -0.4 is 0 Å². The number of carbonyl (C=O) groups is 1. The molecular weight excluding hydrogens is 220 g/mol. The highest BCUT2D eigenvalue weighted by Gasteiger charge is 1.95. The smallest absolute Gasteiger partial charge is 0.302 e. The van der Waals surface area contributed by atoms with Crippen molar-refractivity contribution in [3.8, 4) is 0 Å². The summed E-state index contributed by atoms with van der Waals surface area (Å²) in [6, 6.07) is 8.29. The Hall–Kier alpha value is -1.22. The van der Waals surface area contributed by atoms with Crippen molar-refractivity contribution >= 4 is 23.8 Å². The van der Waals surface area contributed by atoms with Gasteiger partial charge in [0.1, 0.15) is 6.61 Å². The van der Waals surface area contributed by atoms with E-state index in [1.54, 1.807) is 11.8 Å². The first-order valence-electron chi connectivity index (χ1n) is 5.15. The topological polar surface area (TPSA) is 26.3 Å². The number of thioether (sulfide) groups is 1. The Bertz CT molecular complexity index is 343. The molecule has 0 N–H and O–H groups in total. The molecule has 1 rings (SSSR count). The van der Waals surface area contributed by atoms with Crippen LogP contribution in [-0.2, 0) is 15.3 Å². The first kappa shape index (κ1) is 12.8. The van der Waals surface area contributed by atoms with Gasteiger partial charge in [0.2, 0.25) is 0 Å². The van der Waals surface area contributed by atoms with Crippen molar-refractivity contribution in [3.63, 3.8) is 0 Å². The molecule has 0 aliphatic carbocycles. The van der Waals surface area contributed by atoms with Crippen molar-refractivity contribution in [2.75, 3.05) is 12.4 Å². The number of hydrogen-bond acceptors (Lipinski definition) is 3. The molecule has 0 fully saturated rings. The molecule has 1 aromatic rings. The van der Waals surface area contributed by atoms with Gasteiger partial charge in [-0.1, -0.05) is 36.9 Å². The van der Waals surface area contributed by atoms with Crippen LogP contribution in [-0.4, -0.2) is 18.3 Å². The summed E-state index contributed by atoms with van der Waals surface area (Å²) in [6.07, 6.45) is 1.83. The van der Waals surface area contributed by atoms with Crippen LogP contribution >= 0.6 is 11.8 Å². The second-order valence-electron chi connectivity index (χ2n) is 3.34. The standard InChI is InChI=1S/C13H16O2S/c1-3-12-4-6-13(7-5-12)10-16-9-8-15-11(2)14/h3-7H,1,8-10H2,2H3. The third kappa shape index (κ3) is 5.03. The zero-order chi connectivity index (χ0) is 11.8. The maximum atomic E-state index is 10.5. The third-order valence-corrected chi connectivity index (χ3v) is 3.01. The van der Waals surface area contributed by atoms with E-state index in [0.29, 0.717) is 6.61 Å². The van der Waals surface area contributed by atoms with E-state index in [-0.39, 0.29) is 5.97 Å². The first-order valence-corrected chi connectivity index (χ1v) is 6.30. The van der Waals surface area contributed by atoms with E-state index in [0.717, 1.165) is 17.1 Å². The Morgan fingerprint density at radius 3 is 2.69 bits per heavy atom. The lowest BCUT2D eigenvalue weighted by atomic mass is 10.1. The molecular formula is C13H16O2S. The third-order valence-electron chi connectivity index (χ3n) is 2.02. The van der Waals surface area contributed by atoms with Gasteiger partial charge in [-0.2, -0.15) is 11.8 Å². The lowest BCUT2D eigenvalue weighted by Gasteiger charge is -2.03. The fraction of sp³-hybridized carbons (Fsp3) is 0.308. The zero-order valence-electron chi connectivity index (χ0n) is 9.44. The zero-order valence-corrected chi connectivity index (χ0v) is 10.3. The summed E-state index contributed by atoms with van der Waals surface area (Å²) >= 11 is 1.76. The van der Waals surface area contributed by atoms with Crippen LogP contribution in [0.15, 0.2) is 30.8 Å². The molecule has 0 radical (unpaired) electrons. The van der Waals surface area contributed by atoms with Crippen LogP contribution in [0.2, 0.25) is 0 Å². The van der Waals surface area contributed by atoms with E-state index in [1.165, 1.54) is 12.5 Å². The lowest BCUT2D eigenvalue weighted by molar-refractivity contribution is -0.140. The predicted molar refractivity (Wildman–Crippen MR) is 69.3 cm³/mol. The van der Waals surface area contributed by atoms with E-state index in [9.17, 15) is 4.79 Å². The van der Waals surface area contributed by atoms with Gasteiger partial charge in [-0.15, -0.1) is 0 Å². The van der Waals surface area contributed by atoms with Gasteiger partial charge in [0.25, 0.3) is 0 Å². The molecule has 2 nitrogen and oxygen atoms in total. The van der Waals surface area contributed by atoms with Gasteiger partial charge in [-0.3, -0.25) is 4.79 Å². The Labute approximate surface area is 101 Å². The molecule has 0 amide bonds. The summed E-state index contributed by atoms with van der Waals surface area (Å²) in [6.45, 7) is 5.63. The van der Waals surface area contributed by atoms with Crippen LogP contribution in [0.5, 0.6) is 0 Å². The molecule has 0 aromatic heterocycles. The number of hydrogen-bond donors (Lipinski definition) is 0. The minimum atomic E-state index is -0.212. The number of rotatable bonds is 6. The molecule has 0 atom stereocenters. The molecule has 1 aromatic carbocycles. The molecule has 0 heterocycles. The highest BCUT2D eigenvalue weighted by atomic mass is 32.2. The van der Waals surface area contributed by atoms with Crippen molar-refractivity contribution in [2.45, 2.75) is 12.7 Å². The lowest BCUT2D eigenvalue weighted by Crippen LogP contribution is -2.02. The van der Waals surface area contributed by atoms with Crippen LogP contribution in [0.25, 0.3) is 6.08 Å². The van der Waals surface area contributed by atoms with E-state index in [2.05, 4.69) is 30.8 Å². The summed E-state index contributed by atoms with van der Waals surface area (Å²) in [5.41, 5.74) is 2.41. The Morgan fingerprint density at radius 2 is 2.12 bits per heavy atom. The molecule has 0 aliphatic rings. The van der Waals surface area contributed by atoms with Gasteiger partial charge < -0.3 is 4.74 Å². The second kappa shape index (κ2) is 7.12. The molecule has 0 unspecified atom stereocenters. The number of esters is 1. The van der Waals surface area contributed by atoms with Gasteiger partial charge in [0.15, 0.2) is 0 Å². The molecule has 0 saturated heterocycles. The van der Waals surface area contributed by atoms with Gasteiger partial charge in [-0.25, -0.2) is 0 Å². The predicted octanol–water partition coefficient (Wildman–Crippen LogP) is 3.13. The number of carbonyl (C=O) groups excluding carboxylic acids is 1. The maximum absolute atomic E-state index is 10.5. The molecule has 0 spiro atoms. The van der Waals surface area contributed by atoms with E-state index in [4.69, 9.17) is 4.74 Å². The normalized spacial score (nSPS) is 9.81. The van der Waals surface area contributed by atoms with E-state index in [1.807, 2.05) is 6.08 Å². The second-order valence-corrected chi connectivity index (χ2v) is 4.44. The van der Waals surface area contributed by atoms with Crippen molar-refractivity contribution < 1.29 is 9.53 Å². The minimum absolute atomic E-state index is 0.212. The summed E-state index contributed by atoms with van der Waals surface area (Å²) in [5.74, 6) is 1.57. The quantitative estimate of drug-likeness (QED) is 0.560. The highest BCUT2D eigenvalue weighted by molar-refractivity contribution is 7.98. The van der Waals surface area contributed by atoms with Crippen LogP contribution in [0.3, 0.4) is 0 Å². The first-order chi connectivity index (χ1) is 7.72. The van der Waals surface area contributed by atoms with Gasteiger partial charge in [-0.05, 0) is 11.1 Å². The monoisotopic (exact) mass is 236 g/mol. The van der Waals surface area contributed by atoms with Crippen molar-refractivity contribution in [1.29, 1.82) is 0 Å². The Kier molecular flexibility index (Phi) is 5.72. The van der Waals surface area contributed by atoms with Crippen molar-refractivity contribution in [3.05, 3.63) is 42.0 Å².